The van der Waals surface area contributed by atoms with Crippen LogP contribution in [0.5, 0.6) is 0 Å². The molecule has 0 heterocycles. The second kappa shape index (κ2) is 5.84. The monoisotopic (exact) mass is 228 g/mol. The number of hydrogen-bond donors (Lipinski definition) is 1. The Labute approximate surface area is 104 Å². The van der Waals surface area contributed by atoms with Gasteiger partial charge in [-0.25, -0.2) is 0 Å². The molecule has 1 unspecified atom stereocenters. The molecule has 0 amide bonds. The van der Waals surface area contributed by atoms with Gasteiger partial charge in [0.15, 0.2) is 0 Å². The van der Waals surface area contributed by atoms with Gasteiger partial charge in [0.2, 0.25) is 0 Å². The van der Waals surface area contributed by atoms with Crippen LogP contribution in [0.4, 0.5) is 0 Å². The number of benzene rings is 1. The summed E-state index contributed by atoms with van der Waals surface area (Å²) in [6, 6.07) is 10.4. The van der Waals surface area contributed by atoms with Crippen molar-refractivity contribution in [1.82, 2.24) is 5.32 Å². The molecular weight excluding hydrogens is 208 g/mol. The molecule has 0 spiro atoms. The molecule has 1 aliphatic rings. The lowest BCUT2D eigenvalue weighted by molar-refractivity contribution is 0.533. The van der Waals surface area contributed by atoms with Crippen LogP contribution in [0.1, 0.15) is 49.8 Å². The number of rotatable bonds is 6. The smallest absolute Gasteiger partial charge is 0.0991 e. The number of nitrogens with zero attached hydrogens (tertiary/aromatic N) is 1. The second-order valence-corrected chi connectivity index (χ2v) is 5.00. The summed E-state index contributed by atoms with van der Waals surface area (Å²) in [5.41, 5.74) is 1.95. The van der Waals surface area contributed by atoms with Crippen molar-refractivity contribution in [3.63, 3.8) is 0 Å². The second-order valence-electron chi connectivity index (χ2n) is 5.00. The standard InChI is InChI=1S/C15H20N2/c1-12(17-9-3-5-13-7-8-13)15-6-2-4-14(10-15)11-16/h2,4,6,10,12-13,17H,3,5,7-9H2,1H3. The molecule has 1 atom stereocenters. The van der Waals surface area contributed by atoms with Gasteiger partial charge in [0.25, 0.3) is 0 Å². The van der Waals surface area contributed by atoms with Gasteiger partial charge in [-0.1, -0.05) is 25.0 Å². The van der Waals surface area contributed by atoms with Gasteiger partial charge in [-0.3, -0.25) is 0 Å². The van der Waals surface area contributed by atoms with Crippen molar-refractivity contribution in [1.29, 1.82) is 5.26 Å². The van der Waals surface area contributed by atoms with Crippen molar-refractivity contribution in [3.05, 3.63) is 35.4 Å². The third-order valence-electron chi connectivity index (χ3n) is 3.45. The first-order valence-corrected chi connectivity index (χ1v) is 6.53. The van der Waals surface area contributed by atoms with Crippen LogP contribution >= 0.6 is 0 Å². The first kappa shape index (κ1) is 12.1. The van der Waals surface area contributed by atoms with E-state index in [-0.39, 0.29) is 0 Å². The van der Waals surface area contributed by atoms with Crippen LogP contribution in [0.15, 0.2) is 24.3 Å². The first-order chi connectivity index (χ1) is 8.29. The normalized spacial score (nSPS) is 16.5. The Morgan fingerprint density at radius 3 is 3.00 bits per heavy atom. The molecule has 1 aromatic carbocycles. The molecule has 2 rings (SSSR count). The van der Waals surface area contributed by atoms with Crippen LogP contribution in [0.3, 0.4) is 0 Å². The summed E-state index contributed by atoms with van der Waals surface area (Å²) in [5, 5.41) is 12.4. The van der Waals surface area contributed by atoms with E-state index in [2.05, 4.69) is 24.4 Å². The van der Waals surface area contributed by atoms with E-state index >= 15 is 0 Å². The summed E-state index contributed by atoms with van der Waals surface area (Å²) < 4.78 is 0. The molecule has 1 saturated carbocycles. The lowest BCUT2D eigenvalue weighted by atomic mass is 10.1. The van der Waals surface area contributed by atoms with Gasteiger partial charge >= 0.3 is 0 Å². The van der Waals surface area contributed by atoms with Gasteiger partial charge in [-0.15, -0.1) is 0 Å². The minimum atomic E-state index is 0.336. The SMILES string of the molecule is CC(NCCCC1CC1)c1cccc(C#N)c1. The molecule has 0 bridgehead atoms. The van der Waals surface area contributed by atoms with Gasteiger partial charge in [0.05, 0.1) is 11.6 Å². The molecule has 0 radical (unpaired) electrons. The minimum absolute atomic E-state index is 0.336. The van der Waals surface area contributed by atoms with Crippen LogP contribution in [-0.4, -0.2) is 6.54 Å². The Bertz CT molecular complexity index is 402. The van der Waals surface area contributed by atoms with Crippen LogP contribution in [0.25, 0.3) is 0 Å². The molecule has 1 aromatic rings. The lowest BCUT2D eigenvalue weighted by Gasteiger charge is -2.14. The largest absolute Gasteiger partial charge is 0.310 e. The van der Waals surface area contributed by atoms with Gasteiger partial charge in [0, 0.05) is 6.04 Å². The van der Waals surface area contributed by atoms with E-state index < -0.39 is 0 Å². The molecule has 2 heteroatoms. The van der Waals surface area contributed by atoms with Gasteiger partial charge < -0.3 is 5.32 Å². The van der Waals surface area contributed by atoms with E-state index in [1.165, 1.54) is 31.2 Å². The summed E-state index contributed by atoms with van der Waals surface area (Å²) in [7, 11) is 0. The fourth-order valence-corrected chi connectivity index (χ4v) is 2.11. The molecule has 0 saturated heterocycles. The Morgan fingerprint density at radius 2 is 2.29 bits per heavy atom. The molecule has 90 valence electrons. The van der Waals surface area contributed by atoms with E-state index in [4.69, 9.17) is 5.26 Å². The van der Waals surface area contributed by atoms with Crippen LogP contribution in [0.2, 0.25) is 0 Å². The Morgan fingerprint density at radius 1 is 1.47 bits per heavy atom. The van der Waals surface area contributed by atoms with E-state index in [9.17, 15) is 0 Å². The van der Waals surface area contributed by atoms with Crippen molar-refractivity contribution in [2.24, 2.45) is 5.92 Å². The van der Waals surface area contributed by atoms with Crippen molar-refractivity contribution < 1.29 is 0 Å². The summed E-state index contributed by atoms with van der Waals surface area (Å²) in [6.45, 7) is 3.24. The number of nitriles is 1. The van der Waals surface area contributed by atoms with Gasteiger partial charge in [-0.2, -0.15) is 5.26 Å². The predicted octanol–water partition coefficient (Wildman–Crippen LogP) is 3.40. The highest BCUT2D eigenvalue weighted by molar-refractivity contribution is 5.33. The third kappa shape index (κ3) is 3.87. The van der Waals surface area contributed by atoms with Crippen LogP contribution in [0, 0.1) is 17.2 Å². The van der Waals surface area contributed by atoms with Crippen LogP contribution in [-0.2, 0) is 0 Å². The highest BCUT2D eigenvalue weighted by Crippen LogP contribution is 2.33. The maximum absolute atomic E-state index is 8.86. The van der Waals surface area contributed by atoms with Crippen molar-refractivity contribution in [2.45, 2.75) is 38.6 Å². The minimum Gasteiger partial charge on any atom is -0.310 e. The summed E-state index contributed by atoms with van der Waals surface area (Å²) in [5.74, 6) is 1.02. The fraction of sp³-hybridized carbons (Fsp3) is 0.533. The molecular formula is C15H20N2. The third-order valence-corrected chi connectivity index (χ3v) is 3.45. The van der Waals surface area contributed by atoms with Crippen molar-refractivity contribution in [2.75, 3.05) is 6.54 Å². The molecule has 1 N–H and O–H groups in total. The predicted molar refractivity (Wildman–Crippen MR) is 69.5 cm³/mol. The lowest BCUT2D eigenvalue weighted by Crippen LogP contribution is -2.20. The van der Waals surface area contributed by atoms with Gasteiger partial charge in [0.1, 0.15) is 0 Å². The summed E-state index contributed by atoms with van der Waals surface area (Å²) in [6.07, 6.45) is 5.53. The van der Waals surface area contributed by atoms with Gasteiger partial charge in [-0.05, 0) is 49.9 Å². The first-order valence-electron chi connectivity index (χ1n) is 6.53. The van der Waals surface area contributed by atoms with E-state index in [1.54, 1.807) is 0 Å². The summed E-state index contributed by atoms with van der Waals surface area (Å²) in [4.78, 5) is 0. The van der Waals surface area contributed by atoms with E-state index in [0.717, 1.165) is 18.0 Å². The topological polar surface area (TPSA) is 35.8 Å². The molecule has 0 aromatic heterocycles. The quantitative estimate of drug-likeness (QED) is 0.757. The highest BCUT2D eigenvalue weighted by Gasteiger charge is 2.20. The molecule has 17 heavy (non-hydrogen) atoms. The Hall–Kier alpha value is -1.33. The molecule has 2 nitrogen and oxygen atoms in total. The Balaban J connectivity index is 1.77. The molecule has 1 aliphatic carbocycles. The zero-order chi connectivity index (χ0) is 12.1. The number of hydrogen-bond acceptors (Lipinski definition) is 2. The fourth-order valence-electron chi connectivity index (χ4n) is 2.11. The maximum atomic E-state index is 8.86. The zero-order valence-corrected chi connectivity index (χ0v) is 10.4. The average Bonchev–Trinajstić information content (AvgIpc) is 3.18. The van der Waals surface area contributed by atoms with Crippen molar-refractivity contribution in [3.8, 4) is 6.07 Å². The maximum Gasteiger partial charge on any atom is 0.0991 e. The molecule has 0 aliphatic heterocycles. The summed E-state index contributed by atoms with van der Waals surface area (Å²) >= 11 is 0. The van der Waals surface area contributed by atoms with E-state index in [1.807, 2.05) is 18.2 Å². The van der Waals surface area contributed by atoms with Crippen molar-refractivity contribution >= 4 is 0 Å². The highest BCUT2D eigenvalue weighted by atomic mass is 14.9. The molecule has 1 fully saturated rings. The van der Waals surface area contributed by atoms with E-state index in [0.29, 0.717) is 6.04 Å². The number of nitrogens with one attached hydrogen (secondary N) is 1. The Kier molecular flexibility index (Phi) is 4.17. The van der Waals surface area contributed by atoms with Crippen LogP contribution < -0.4 is 5.32 Å². The zero-order valence-electron chi connectivity index (χ0n) is 10.4. The average molecular weight is 228 g/mol.